The Bertz CT molecular complexity index is 1050. The van der Waals surface area contributed by atoms with E-state index in [9.17, 15) is 13.2 Å². The summed E-state index contributed by atoms with van der Waals surface area (Å²) >= 11 is 0. The minimum absolute atomic E-state index is 0. The monoisotopic (exact) mass is 464 g/mol. The predicted molar refractivity (Wildman–Crippen MR) is 115 cm³/mol. The molecule has 2 amide bonds. The van der Waals surface area contributed by atoms with Gasteiger partial charge in [-0.05, 0) is 84.2 Å². The number of nitrogens with zero attached hydrogens (tertiary/aromatic N) is 3. The van der Waals surface area contributed by atoms with Crippen LogP contribution >= 0.6 is 0 Å². The van der Waals surface area contributed by atoms with Crippen molar-refractivity contribution in [2.24, 2.45) is 0 Å². The molecule has 7 nitrogen and oxygen atoms in total. The van der Waals surface area contributed by atoms with Gasteiger partial charge < -0.3 is 10.0 Å². The summed E-state index contributed by atoms with van der Waals surface area (Å²) in [5, 5.41) is 2.22. The molecule has 5 rings (SSSR count). The molecular formula is C22H25KN4O3S. The van der Waals surface area contributed by atoms with Crippen LogP contribution in [0.5, 0.6) is 0 Å². The molecule has 158 valence electrons. The van der Waals surface area contributed by atoms with Crippen molar-refractivity contribution >= 4 is 21.7 Å². The van der Waals surface area contributed by atoms with Gasteiger partial charge in [0.2, 0.25) is 0 Å². The Morgan fingerprint density at radius 1 is 1.06 bits per heavy atom. The molecule has 1 N–H and O–H groups in total. The number of carbonyl (C=O) groups is 1. The van der Waals surface area contributed by atoms with E-state index < -0.39 is 21.3 Å². The molecule has 0 unspecified atom stereocenters. The molecule has 0 bridgehead atoms. The molecule has 2 aromatic rings. The molecule has 1 aromatic heterocycles. The van der Waals surface area contributed by atoms with Crippen LogP contribution < -0.4 is 56.7 Å². The van der Waals surface area contributed by atoms with Gasteiger partial charge in [-0.15, -0.1) is 0 Å². The zero-order valence-electron chi connectivity index (χ0n) is 17.8. The van der Waals surface area contributed by atoms with E-state index in [4.69, 9.17) is 0 Å². The number of likely N-dealkylation sites (tertiary alicyclic amines) is 1. The number of aromatic nitrogens is 1. The van der Waals surface area contributed by atoms with Crippen molar-refractivity contribution in [1.29, 1.82) is 0 Å². The van der Waals surface area contributed by atoms with E-state index in [0.717, 1.165) is 49.8 Å². The number of sulfonamides is 1. The Morgan fingerprint density at radius 2 is 1.68 bits per heavy atom. The first-order valence-electron chi connectivity index (χ1n) is 10.6. The van der Waals surface area contributed by atoms with Crippen LogP contribution in [0.1, 0.15) is 40.7 Å². The second kappa shape index (κ2) is 9.58. The van der Waals surface area contributed by atoms with Gasteiger partial charge in [0.05, 0.1) is 5.25 Å². The van der Waals surface area contributed by atoms with Crippen LogP contribution in [0.15, 0.2) is 30.6 Å². The number of pyridine rings is 1. The Balaban J connectivity index is 0.00000231. The largest absolute Gasteiger partial charge is 1.00 e. The van der Waals surface area contributed by atoms with Crippen LogP contribution in [-0.2, 0) is 42.3 Å². The van der Waals surface area contributed by atoms with E-state index >= 15 is 0 Å². The molecule has 0 atom stereocenters. The molecule has 31 heavy (non-hydrogen) atoms. The van der Waals surface area contributed by atoms with Crippen LogP contribution in [0.4, 0.5) is 10.5 Å². The molecule has 9 heteroatoms. The first-order valence-corrected chi connectivity index (χ1v) is 12.1. The summed E-state index contributed by atoms with van der Waals surface area (Å²) < 4.78 is 28.8. The average Bonchev–Trinajstić information content (AvgIpc) is 3.33. The number of hydrogen-bond donors (Lipinski definition) is 1. The number of amides is 2. The number of urea groups is 1. The third-order valence-electron chi connectivity index (χ3n) is 6.42. The SMILES string of the molecule is O=C([N-]S(=O)(=O)C1CN(Cc2ccncc2)C1)Nc1c2c(cc3c1CCC3)CCC2.[K+]. The van der Waals surface area contributed by atoms with Crippen molar-refractivity contribution in [1.82, 2.24) is 9.88 Å². The van der Waals surface area contributed by atoms with Crippen LogP contribution in [0.3, 0.4) is 0 Å². The zero-order valence-corrected chi connectivity index (χ0v) is 21.7. The van der Waals surface area contributed by atoms with E-state index in [-0.39, 0.29) is 51.4 Å². The molecular weight excluding hydrogens is 439 g/mol. The number of carbonyl (C=O) groups excluding carboxylic acids is 1. The van der Waals surface area contributed by atoms with E-state index in [0.29, 0.717) is 19.6 Å². The third-order valence-corrected chi connectivity index (χ3v) is 7.98. The number of benzene rings is 1. The predicted octanol–water partition coefficient (Wildman–Crippen LogP) is 0.183. The summed E-state index contributed by atoms with van der Waals surface area (Å²) in [6.45, 7) is 1.44. The number of anilines is 1. The Labute approximate surface area is 225 Å². The van der Waals surface area contributed by atoms with Gasteiger partial charge in [0.1, 0.15) is 0 Å². The van der Waals surface area contributed by atoms with Crippen molar-refractivity contribution < 1.29 is 64.6 Å². The molecule has 3 aliphatic rings. The summed E-state index contributed by atoms with van der Waals surface area (Å²) in [6.07, 6.45) is 9.50. The van der Waals surface area contributed by atoms with Gasteiger partial charge >= 0.3 is 51.4 Å². The fraction of sp³-hybridized carbons (Fsp3) is 0.455. The van der Waals surface area contributed by atoms with Gasteiger partial charge in [0, 0.05) is 32.0 Å². The second-order valence-electron chi connectivity index (χ2n) is 8.44. The van der Waals surface area contributed by atoms with Crippen LogP contribution in [-0.4, -0.2) is 42.7 Å². The maximum atomic E-state index is 12.6. The summed E-state index contributed by atoms with van der Waals surface area (Å²) in [4.78, 5) is 18.6. The van der Waals surface area contributed by atoms with E-state index in [2.05, 4.69) is 21.1 Å². The number of hydrogen-bond acceptors (Lipinski definition) is 5. The quantitative estimate of drug-likeness (QED) is 0.638. The fourth-order valence-electron chi connectivity index (χ4n) is 4.87. The summed E-state index contributed by atoms with van der Waals surface area (Å²) in [5.74, 6) is 0. The topological polar surface area (TPSA) is 93.5 Å². The molecule has 1 aromatic carbocycles. The average molecular weight is 465 g/mol. The van der Waals surface area contributed by atoms with E-state index in [1.807, 2.05) is 17.0 Å². The maximum absolute atomic E-state index is 12.6. The number of rotatable bonds is 5. The smallest absolute Gasteiger partial charge is 0.423 e. The number of nitrogens with one attached hydrogen (secondary N) is 1. The van der Waals surface area contributed by atoms with E-state index in [1.165, 1.54) is 22.3 Å². The van der Waals surface area contributed by atoms with Gasteiger partial charge in [-0.3, -0.25) is 14.7 Å². The molecule has 2 aliphatic carbocycles. The third kappa shape index (κ3) is 4.92. The normalized spacial score (nSPS) is 17.9. The first kappa shape index (κ1) is 23.3. The molecule has 1 saturated heterocycles. The van der Waals surface area contributed by atoms with Crippen LogP contribution in [0.25, 0.3) is 4.72 Å². The zero-order chi connectivity index (χ0) is 20.7. The Kier molecular flexibility index (Phi) is 7.22. The maximum Gasteiger partial charge on any atom is 1.00 e. The van der Waals surface area contributed by atoms with Crippen molar-refractivity contribution in [2.45, 2.75) is 50.3 Å². The molecule has 1 fully saturated rings. The van der Waals surface area contributed by atoms with Crippen molar-refractivity contribution in [3.63, 3.8) is 0 Å². The van der Waals surface area contributed by atoms with Gasteiger partial charge in [-0.1, -0.05) is 6.07 Å². The Hall–Kier alpha value is -0.814. The van der Waals surface area contributed by atoms with Crippen LogP contribution in [0.2, 0.25) is 0 Å². The van der Waals surface area contributed by atoms with E-state index in [1.54, 1.807) is 12.4 Å². The summed E-state index contributed by atoms with van der Waals surface area (Å²) in [5.41, 5.74) is 6.84. The summed E-state index contributed by atoms with van der Waals surface area (Å²) in [6, 6.07) is 5.34. The molecule has 0 radical (unpaired) electrons. The molecule has 1 aliphatic heterocycles. The number of fused-ring (bicyclic) bond motifs is 2. The minimum Gasteiger partial charge on any atom is -0.423 e. The van der Waals surface area contributed by atoms with Gasteiger partial charge in [-0.25, -0.2) is 8.42 Å². The van der Waals surface area contributed by atoms with Gasteiger partial charge in [0.15, 0.2) is 16.1 Å². The van der Waals surface area contributed by atoms with Crippen molar-refractivity contribution in [3.8, 4) is 0 Å². The Morgan fingerprint density at radius 3 is 2.29 bits per heavy atom. The van der Waals surface area contributed by atoms with Crippen LogP contribution in [0, 0.1) is 0 Å². The molecule has 2 heterocycles. The molecule has 0 spiro atoms. The minimum atomic E-state index is -3.84. The van der Waals surface area contributed by atoms with Crippen molar-refractivity contribution in [3.05, 3.63) is 63.1 Å². The standard InChI is InChI=1S/C22H26N4O3S.K/c27-22(24-21-19-5-1-3-16(19)11-17-4-2-6-20(17)21)25-30(28,29)18-13-26(14-18)12-15-7-9-23-10-8-15;/h7-11,18H,1-6,12-14H2,(H2,24,25,27);/q;+1/p-1. The molecule has 0 saturated carbocycles. The van der Waals surface area contributed by atoms with Crippen molar-refractivity contribution in [2.75, 3.05) is 18.4 Å². The fourth-order valence-corrected chi connectivity index (χ4v) is 6.10. The van der Waals surface area contributed by atoms with Gasteiger partial charge in [0.25, 0.3) is 0 Å². The second-order valence-corrected chi connectivity index (χ2v) is 10.3. The summed E-state index contributed by atoms with van der Waals surface area (Å²) in [7, 11) is -3.84. The number of aryl methyl sites for hydroxylation is 2. The van der Waals surface area contributed by atoms with Gasteiger partial charge in [-0.2, -0.15) is 0 Å². The first-order chi connectivity index (χ1) is 14.5.